The summed E-state index contributed by atoms with van der Waals surface area (Å²) in [7, 11) is 0. The van der Waals surface area contributed by atoms with Crippen molar-refractivity contribution in [1.82, 2.24) is 0 Å². The molecule has 1 saturated heterocycles. The van der Waals surface area contributed by atoms with Gasteiger partial charge in [0.25, 0.3) is 11.6 Å². The monoisotopic (exact) mass is 376 g/mol. The Kier molecular flexibility index (Phi) is 4.41. The maximum Gasteiger partial charge on any atom is 0.271 e. The van der Waals surface area contributed by atoms with Crippen molar-refractivity contribution in [2.75, 3.05) is 4.90 Å². The molecule has 0 spiro atoms. The SMILES string of the molecule is O=C1C(Oc2ccccc2)C(c2ccc([N+](=O)[O-])cc2)N1c1ccc(O)cc1. The van der Waals surface area contributed by atoms with E-state index in [0.717, 1.165) is 5.56 Å². The van der Waals surface area contributed by atoms with Crippen molar-refractivity contribution in [2.45, 2.75) is 12.1 Å². The molecule has 0 bridgehead atoms. The third-order valence-electron chi connectivity index (χ3n) is 4.63. The summed E-state index contributed by atoms with van der Waals surface area (Å²) in [6.45, 7) is 0. The fourth-order valence-electron chi connectivity index (χ4n) is 3.24. The lowest BCUT2D eigenvalue weighted by molar-refractivity contribution is -0.384. The summed E-state index contributed by atoms with van der Waals surface area (Å²) in [6, 6.07) is 20.9. The van der Waals surface area contributed by atoms with Crippen LogP contribution in [0.15, 0.2) is 78.9 Å². The summed E-state index contributed by atoms with van der Waals surface area (Å²) in [6.07, 6.45) is -0.752. The van der Waals surface area contributed by atoms with Crippen molar-refractivity contribution >= 4 is 17.3 Å². The summed E-state index contributed by atoms with van der Waals surface area (Å²) in [4.78, 5) is 24.9. The van der Waals surface area contributed by atoms with Crippen molar-refractivity contribution in [1.29, 1.82) is 0 Å². The number of hydrogen-bond acceptors (Lipinski definition) is 5. The Labute approximate surface area is 160 Å². The Balaban J connectivity index is 1.69. The van der Waals surface area contributed by atoms with Gasteiger partial charge in [-0.1, -0.05) is 18.2 Å². The molecule has 3 aromatic rings. The second-order valence-corrected chi connectivity index (χ2v) is 6.37. The molecule has 2 atom stereocenters. The van der Waals surface area contributed by atoms with Crippen LogP contribution in [-0.4, -0.2) is 22.0 Å². The number of phenols is 1. The minimum absolute atomic E-state index is 0.0221. The lowest BCUT2D eigenvalue weighted by atomic mass is 9.89. The van der Waals surface area contributed by atoms with Gasteiger partial charge in [-0.3, -0.25) is 19.8 Å². The Bertz CT molecular complexity index is 1000. The molecule has 28 heavy (non-hydrogen) atoms. The number of nitrogens with zero attached hydrogens (tertiary/aromatic N) is 2. The number of rotatable bonds is 5. The minimum atomic E-state index is -0.752. The molecule has 1 amide bonds. The first-order chi connectivity index (χ1) is 13.5. The number of amides is 1. The number of non-ortho nitro benzene ring substituents is 1. The summed E-state index contributed by atoms with van der Waals surface area (Å²) < 4.78 is 5.91. The molecule has 7 heteroatoms. The zero-order chi connectivity index (χ0) is 19.7. The highest BCUT2D eigenvalue weighted by Crippen LogP contribution is 2.41. The van der Waals surface area contributed by atoms with Gasteiger partial charge in [0.1, 0.15) is 17.5 Å². The summed E-state index contributed by atoms with van der Waals surface area (Å²) >= 11 is 0. The van der Waals surface area contributed by atoms with E-state index in [2.05, 4.69) is 0 Å². The molecular formula is C21H16N2O5. The summed E-state index contributed by atoms with van der Waals surface area (Å²) in [5, 5.41) is 20.4. The topological polar surface area (TPSA) is 92.9 Å². The fourth-order valence-corrected chi connectivity index (χ4v) is 3.24. The van der Waals surface area contributed by atoms with Gasteiger partial charge in [0.15, 0.2) is 0 Å². The number of carbonyl (C=O) groups excluding carboxylic acids is 1. The van der Waals surface area contributed by atoms with Crippen LogP contribution in [0.25, 0.3) is 0 Å². The normalized spacial score (nSPS) is 18.4. The van der Waals surface area contributed by atoms with Crippen LogP contribution in [0.2, 0.25) is 0 Å². The quantitative estimate of drug-likeness (QED) is 0.415. The third kappa shape index (κ3) is 3.14. The summed E-state index contributed by atoms with van der Waals surface area (Å²) in [5.74, 6) is 0.441. The maximum absolute atomic E-state index is 12.8. The number of ether oxygens (including phenoxy) is 1. The number of benzene rings is 3. The van der Waals surface area contributed by atoms with Crippen LogP contribution in [0.5, 0.6) is 11.5 Å². The van der Waals surface area contributed by atoms with Gasteiger partial charge < -0.3 is 9.84 Å². The summed E-state index contributed by atoms with van der Waals surface area (Å²) in [5.41, 5.74) is 1.31. The highest BCUT2D eigenvalue weighted by atomic mass is 16.6. The van der Waals surface area contributed by atoms with Crippen molar-refractivity contribution in [3.63, 3.8) is 0 Å². The van der Waals surface area contributed by atoms with Crippen molar-refractivity contribution in [3.05, 3.63) is 94.5 Å². The van der Waals surface area contributed by atoms with Gasteiger partial charge in [-0.15, -0.1) is 0 Å². The first-order valence-electron chi connectivity index (χ1n) is 8.63. The number of carbonyl (C=O) groups is 1. The number of hydrogen-bond donors (Lipinski definition) is 1. The molecule has 0 saturated carbocycles. The average molecular weight is 376 g/mol. The zero-order valence-electron chi connectivity index (χ0n) is 14.6. The molecule has 2 unspecified atom stereocenters. The molecule has 0 aromatic heterocycles. The second kappa shape index (κ2) is 7.03. The number of aromatic hydroxyl groups is 1. The fraction of sp³-hybridized carbons (Fsp3) is 0.0952. The smallest absolute Gasteiger partial charge is 0.271 e. The predicted octanol–water partition coefficient (Wildman–Crippen LogP) is 3.84. The van der Waals surface area contributed by atoms with Crippen LogP contribution < -0.4 is 9.64 Å². The number of anilines is 1. The van der Waals surface area contributed by atoms with Gasteiger partial charge in [-0.2, -0.15) is 0 Å². The number of β-lactam (4-membered cyclic amide) rings is 1. The lowest BCUT2D eigenvalue weighted by Gasteiger charge is -2.46. The lowest BCUT2D eigenvalue weighted by Crippen LogP contribution is -2.61. The van der Waals surface area contributed by atoms with Crippen LogP contribution in [0.3, 0.4) is 0 Å². The van der Waals surface area contributed by atoms with Gasteiger partial charge >= 0.3 is 0 Å². The average Bonchev–Trinajstić information content (AvgIpc) is 2.72. The van der Waals surface area contributed by atoms with Gasteiger partial charge in [-0.05, 0) is 54.1 Å². The van der Waals surface area contributed by atoms with E-state index in [1.165, 1.54) is 24.3 Å². The van der Waals surface area contributed by atoms with Crippen LogP contribution in [0.4, 0.5) is 11.4 Å². The molecule has 7 nitrogen and oxygen atoms in total. The molecule has 1 aliphatic rings. The Hall–Kier alpha value is -3.87. The van der Waals surface area contributed by atoms with E-state index >= 15 is 0 Å². The van der Waals surface area contributed by atoms with Crippen molar-refractivity contribution in [3.8, 4) is 11.5 Å². The Morgan fingerprint density at radius 1 is 0.929 bits per heavy atom. The van der Waals surface area contributed by atoms with E-state index < -0.39 is 17.1 Å². The molecule has 3 aromatic carbocycles. The molecule has 1 fully saturated rings. The van der Waals surface area contributed by atoms with Gasteiger partial charge in [0, 0.05) is 17.8 Å². The standard InChI is InChI=1S/C21H16N2O5/c24-17-12-10-15(11-13-17)22-19(14-6-8-16(9-7-14)23(26)27)20(21(22)25)28-18-4-2-1-3-5-18/h1-13,19-20,24H. The van der Waals surface area contributed by atoms with Crippen LogP contribution in [0, 0.1) is 10.1 Å². The van der Waals surface area contributed by atoms with E-state index in [1.54, 1.807) is 41.3 Å². The van der Waals surface area contributed by atoms with Gasteiger partial charge in [0.05, 0.1) is 4.92 Å². The van der Waals surface area contributed by atoms with Crippen molar-refractivity contribution < 1.29 is 19.6 Å². The maximum atomic E-state index is 12.8. The van der Waals surface area contributed by atoms with Gasteiger partial charge in [-0.25, -0.2) is 0 Å². The number of nitro benzene ring substituents is 1. The van der Waals surface area contributed by atoms with E-state index in [-0.39, 0.29) is 17.3 Å². The highest BCUT2D eigenvalue weighted by Gasteiger charge is 2.51. The first-order valence-corrected chi connectivity index (χ1v) is 8.63. The number of nitro groups is 1. The Morgan fingerprint density at radius 2 is 1.57 bits per heavy atom. The van der Waals surface area contributed by atoms with E-state index in [1.807, 2.05) is 18.2 Å². The van der Waals surface area contributed by atoms with Crippen LogP contribution in [-0.2, 0) is 4.79 Å². The molecule has 0 radical (unpaired) electrons. The number of phenolic OH excluding ortho intramolecular Hbond substituents is 1. The molecule has 1 aliphatic heterocycles. The largest absolute Gasteiger partial charge is 0.508 e. The highest BCUT2D eigenvalue weighted by molar-refractivity contribution is 6.05. The van der Waals surface area contributed by atoms with E-state index in [4.69, 9.17) is 4.74 Å². The molecule has 1 N–H and O–H groups in total. The van der Waals surface area contributed by atoms with Crippen molar-refractivity contribution in [2.24, 2.45) is 0 Å². The Morgan fingerprint density at radius 3 is 2.18 bits per heavy atom. The van der Waals surface area contributed by atoms with Gasteiger partial charge in [0.2, 0.25) is 6.10 Å². The molecule has 140 valence electrons. The minimum Gasteiger partial charge on any atom is -0.508 e. The zero-order valence-corrected chi connectivity index (χ0v) is 14.6. The van der Waals surface area contributed by atoms with E-state index in [0.29, 0.717) is 11.4 Å². The number of para-hydroxylation sites is 1. The molecule has 4 rings (SSSR count). The third-order valence-corrected chi connectivity index (χ3v) is 4.63. The van der Waals surface area contributed by atoms with E-state index in [9.17, 15) is 20.0 Å². The van der Waals surface area contributed by atoms with Crippen LogP contribution in [0.1, 0.15) is 11.6 Å². The first kappa shape index (κ1) is 17.5. The molecule has 0 aliphatic carbocycles. The van der Waals surface area contributed by atoms with Crippen LogP contribution >= 0.6 is 0 Å². The second-order valence-electron chi connectivity index (χ2n) is 6.37. The predicted molar refractivity (Wildman–Crippen MR) is 102 cm³/mol. The molecule has 1 heterocycles. The molecular weight excluding hydrogens is 360 g/mol.